The van der Waals surface area contributed by atoms with Crippen LogP contribution in [0.4, 0.5) is 5.69 Å². The van der Waals surface area contributed by atoms with Crippen molar-refractivity contribution in [1.82, 2.24) is 0 Å². The molecule has 1 N–H and O–H groups in total. The van der Waals surface area contributed by atoms with Gasteiger partial charge in [0.15, 0.2) is 9.84 Å². The number of sulfone groups is 1. The molecule has 0 fully saturated rings. The molecule has 0 spiro atoms. The summed E-state index contributed by atoms with van der Waals surface area (Å²) in [6, 6.07) is 7.10. The van der Waals surface area contributed by atoms with Crippen LogP contribution in [-0.2, 0) is 14.6 Å². The molecule has 2 unspecified atom stereocenters. The van der Waals surface area contributed by atoms with Crippen LogP contribution in [0, 0.1) is 0 Å². The molecule has 110 valence electrons. The number of carbonyl (C=O) groups is 1. The number of benzene rings is 1. The zero-order valence-electron chi connectivity index (χ0n) is 11.6. The third-order valence-corrected chi connectivity index (χ3v) is 5.19. The number of nitrogens with zero attached hydrogens (tertiary/aromatic N) is 1. The summed E-state index contributed by atoms with van der Waals surface area (Å²) in [5.41, 5.74) is 1.29. The van der Waals surface area contributed by atoms with E-state index >= 15 is 0 Å². The maximum Gasteiger partial charge on any atom is 0.245 e. The van der Waals surface area contributed by atoms with Gasteiger partial charge in [0.2, 0.25) is 5.91 Å². The molecule has 0 bridgehead atoms. The second kappa shape index (κ2) is 5.54. The number of amides is 1. The van der Waals surface area contributed by atoms with Gasteiger partial charge in [-0.3, -0.25) is 4.79 Å². The Labute approximate surface area is 119 Å². The van der Waals surface area contributed by atoms with Crippen molar-refractivity contribution >= 4 is 21.4 Å². The lowest BCUT2D eigenvalue weighted by Gasteiger charge is -2.25. The Morgan fingerprint density at radius 2 is 2.05 bits per heavy atom. The molecule has 2 rings (SSSR count). The van der Waals surface area contributed by atoms with Gasteiger partial charge in [-0.25, -0.2) is 8.42 Å². The van der Waals surface area contributed by atoms with Gasteiger partial charge in [-0.1, -0.05) is 18.2 Å². The van der Waals surface area contributed by atoms with Gasteiger partial charge in [-0.15, -0.1) is 0 Å². The number of hydrogen-bond donors (Lipinski definition) is 1. The van der Waals surface area contributed by atoms with Crippen LogP contribution in [0.15, 0.2) is 24.3 Å². The summed E-state index contributed by atoms with van der Waals surface area (Å²) in [7, 11) is -3.43. The summed E-state index contributed by atoms with van der Waals surface area (Å²) in [6.45, 7) is 1.83. The van der Waals surface area contributed by atoms with Crippen LogP contribution in [0.1, 0.15) is 31.4 Å². The molecule has 1 amide bonds. The van der Waals surface area contributed by atoms with E-state index in [1.807, 2.05) is 0 Å². The van der Waals surface area contributed by atoms with Gasteiger partial charge in [0, 0.05) is 24.1 Å². The molecule has 0 aliphatic carbocycles. The van der Waals surface area contributed by atoms with Gasteiger partial charge in [0.05, 0.1) is 6.10 Å². The van der Waals surface area contributed by atoms with Gasteiger partial charge >= 0.3 is 0 Å². The highest BCUT2D eigenvalue weighted by atomic mass is 32.2. The van der Waals surface area contributed by atoms with Crippen LogP contribution in [0.3, 0.4) is 0 Å². The van der Waals surface area contributed by atoms with Crippen LogP contribution >= 0.6 is 0 Å². The highest BCUT2D eigenvalue weighted by Crippen LogP contribution is 2.33. The number of fused-ring (bicyclic) bond motifs is 1. The third-order valence-electron chi connectivity index (χ3n) is 3.70. The van der Waals surface area contributed by atoms with E-state index in [0.717, 1.165) is 6.26 Å². The second-order valence-electron chi connectivity index (χ2n) is 5.18. The molecular formula is C14H19NO4S. The van der Waals surface area contributed by atoms with E-state index in [-0.39, 0.29) is 0 Å². The first-order valence-corrected chi connectivity index (χ1v) is 8.55. The van der Waals surface area contributed by atoms with Crippen molar-refractivity contribution in [2.75, 3.05) is 17.7 Å². The fraction of sp³-hybridized carbons (Fsp3) is 0.500. The lowest BCUT2D eigenvalue weighted by molar-refractivity contribution is -0.118. The number of aliphatic hydroxyl groups is 1. The van der Waals surface area contributed by atoms with Crippen molar-refractivity contribution in [2.24, 2.45) is 0 Å². The van der Waals surface area contributed by atoms with Gasteiger partial charge in [0.1, 0.15) is 5.25 Å². The molecule has 0 aromatic heterocycles. The Hall–Kier alpha value is -1.40. The summed E-state index contributed by atoms with van der Waals surface area (Å²) in [4.78, 5) is 13.9. The zero-order chi connectivity index (χ0) is 14.9. The first-order valence-electron chi connectivity index (χ1n) is 6.59. The Bertz CT molecular complexity index is 611. The standard InChI is InChI=1S/C14H19NO4S/c1-10(20(2,18)19)14(17)15-9-5-8-13(16)11-6-3-4-7-12(11)15/h3-4,6-7,10,13,16H,5,8-9H2,1-2H3. The van der Waals surface area contributed by atoms with Gasteiger partial charge in [-0.05, 0) is 25.8 Å². The van der Waals surface area contributed by atoms with Gasteiger partial charge < -0.3 is 10.0 Å². The van der Waals surface area contributed by atoms with E-state index in [0.29, 0.717) is 30.6 Å². The number of hydrogen-bond acceptors (Lipinski definition) is 4. The molecule has 1 aromatic carbocycles. The maximum absolute atomic E-state index is 12.4. The SMILES string of the molecule is CC(C(=O)N1CCCC(O)c2ccccc21)S(C)(=O)=O. The number of carbonyl (C=O) groups excluding carboxylic acids is 1. The molecule has 2 atom stereocenters. The van der Waals surface area contributed by atoms with Crippen LogP contribution < -0.4 is 4.90 Å². The first-order chi connectivity index (χ1) is 9.32. The molecule has 0 saturated carbocycles. The van der Waals surface area contributed by atoms with Crippen molar-refractivity contribution in [3.05, 3.63) is 29.8 Å². The first kappa shape index (κ1) is 15.0. The molecule has 20 heavy (non-hydrogen) atoms. The van der Waals surface area contributed by atoms with Gasteiger partial charge in [-0.2, -0.15) is 0 Å². The Kier molecular flexibility index (Phi) is 4.15. The molecule has 5 nitrogen and oxygen atoms in total. The maximum atomic E-state index is 12.4. The normalized spacial score (nSPS) is 20.9. The number of anilines is 1. The van der Waals surface area contributed by atoms with Crippen LogP contribution in [0.25, 0.3) is 0 Å². The van der Waals surface area contributed by atoms with Crippen molar-refractivity contribution in [2.45, 2.75) is 31.1 Å². The highest BCUT2D eigenvalue weighted by Gasteiger charge is 2.32. The largest absolute Gasteiger partial charge is 0.388 e. The van der Waals surface area contributed by atoms with E-state index in [1.165, 1.54) is 11.8 Å². The van der Waals surface area contributed by atoms with Crippen LogP contribution in [0.5, 0.6) is 0 Å². The van der Waals surface area contributed by atoms with E-state index in [4.69, 9.17) is 0 Å². The fourth-order valence-corrected chi connectivity index (χ4v) is 2.86. The van der Waals surface area contributed by atoms with Crippen LogP contribution in [0.2, 0.25) is 0 Å². The molecule has 1 aromatic rings. The summed E-state index contributed by atoms with van der Waals surface area (Å²) in [5.74, 6) is -0.436. The quantitative estimate of drug-likeness (QED) is 0.892. The predicted molar refractivity (Wildman–Crippen MR) is 77.3 cm³/mol. The smallest absolute Gasteiger partial charge is 0.245 e. The topological polar surface area (TPSA) is 74.7 Å². The monoisotopic (exact) mass is 297 g/mol. The molecule has 0 radical (unpaired) electrons. The molecule has 1 aliphatic rings. The molecular weight excluding hydrogens is 278 g/mol. The summed E-state index contributed by atoms with van der Waals surface area (Å²) in [6.07, 6.45) is 1.65. The molecule has 1 heterocycles. The number of aliphatic hydroxyl groups excluding tert-OH is 1. The minimum atomic E-state index is -3.43. The third kappa shape index (κ3) is 2.86. The lowest BCUT2D eigenvalue weighted by Crippen LogP contribution is -2.41. The van der Waals surface area contributed by atoms with E-state index in [2.05, 4.69) is 0 Å². The minimum absolute atomic E-state index is 0.423. The predicted octanol–water partition coefficient (Wildman–Crippen LogP) is 1.28. The van der Waals surface area contributed by atoms with Crippen molar-refractivity contribution in [3.8, 4) is 0 Å². The van der Waals surface area contributed by atoms with Crippen LogP contribution in [-0.4, -0.2) is 37.5 Å². The molecule has 6 heteroatoms. The Morgan fingerprint density at radius 3 is 2.70 bits per heavy atom. The zero-order valence-corrected chi connectivity index (χ0v) is 12.4. The second-order valence-corrected chi connectivity index (χ2v) is 7.54. The average Bonchev–Trinajstić information content (AvgIpc) is 2.56. The Morgan fingerprint density at radius 1 is 1.40 bits per heavy atom. The van der Waals surface area contributed by atoms with Crippen molar-refractivity contribution in [1.29, 1.82) is 0 Å². The summed E-state index contributed by atoms with van der Waals surface area (Å²) >= 11 is 0. The summed E-state index contributed by atoms with van der Waals surface area (Å²) < 4.78 is 23.2. The van der Waals surface area contributed by atoms with Gasteiger partial charge in [0.25, 0.3) is 0 Å². The van der Waals surface area contributed by atoms with Crippen molar-refractivity contribution < 1.29 is 18.3 Å². The highest BCUT2D eigenvalue weighted by molar-refractivity contribution is 7.92. The Balaban J connectivity index is 2.42. The lowest BCUT2D eigenvalue weighted by atomic mass is 10.0. The fourth-order valence-electron chi connectivity index (χ4n) is 2.37. The molecule has 0 saturated heterocycles. The summed E-state index contributed by atoms with van der Waals surface area (Å²) in [5, 5.41) is 9.01. The van der Waals surface area contributed by atoms with Crippen molar-refractivity contribution in [3.63, 3.8) is 0 Å². The van der Waals surface area contributed by atoms with E-state index < -0.39 is 27.1 Å². The number of rotatable bonds is 2. The molecule has 1 aliphatic heterocycles. The minimum Gasteiger partial charge on any atom is -0.388 e. The average molecular weight is 297 g/mol. The van der Waals surface area contributed by atoms with E-state index in [1.54, 1.807) is 24.3 Å². The van der Waals surface area contributed by atoms with E-state index in [9.17, 15) is 18.3 Å². The number of para-hydroxylation sites is 1.